The summed E-state index contributed by atoms with van der Waals surface area (Å²) < 4.78 is 10.2. The number of carbonyl (C=O) groups is 1. The van der Waals surface area contributed by atoms with Gasteiger partial charge in [0.2, 0.25) is 0 Å². The Bertz CT molecular complexity index is 300. The zero-order chi connectivity index (χ0) is 11.1. The second kappa shape index (κ2) is 6.14. The van der Waals surface area contributed by atoms with Gasteiger partial charge in [-0.25, -0.2) is 4.79 Å². The Morgan fingerprint density at radius 1 is 1.47 bits per heavy atom. The molecule has 0 amide bonds. The van der Waals surface area contributed by atoms with Crippen molar-refractivity contribution in [1.29, 1.82) is 0 Å². The first kappa shape index (κ1) is 11.7. The molecular formula is C11H15NO3. The SMILES string of the molecule is CCOC(=O)C(C)OCc1ccncc1. The van der Waals surface area contributed by atoms with Crippen molar-refractivity contribution >= 4 is 5.97 Å². The summed E-state index contributed by atoms with van der Waals surface area (Å²) in [5.74, 6) is -0.327. The van der Waals surface area contributed by atoms with E-state index in [9.17, 15) is 4.79 Å². The Balaban J connectivity index is 2.34. The van der Waals surface area contributed by atoms with Gasteiger partial charge in [0.1, 0.15) is 0 Å². The topological polar surface area (TPSA) is 48.4 Å². The molecule has 1 atom stereocenters. The Hall–Kier alpha value is -1.42. The first-order chi connectivity index (χ1) is 7.24. The summed E-state index contributed by atoms with van der Waals surface area (Å²) in [4.78, 5) is 15.1. The molecular weight excluding hydrogens is 194 g/mol. The Kier molecular flexibility index (Phi) is 4.77. The molecule has 4 heteroatoms. The summed E-state index contributed by atoms with van der Waals surface area (Å²) in [7, 11) is 0. The van der Waals surface area contributed by atoms with E-state index >= 15 is 0 Å². The van der Waals surface area contributed by atoms with Crippen LogP contribution in [-0.2, 0) is 20.9 Å². The molecule has 0 bridgehead atoms. The number of aromatic nitrogens is 1. The largest absolute Gasteiger partial charge is 0.464 e. The molecule has 1 unspecified atom stereocenters. The first-order valence-electron chi connectivity index (χ1n) is 4.91. The Morgan fingerprint density at radius 2 is 2.13 bits per heavy atom. The third-order valence-corrected chi connectivity index (χ3v) is 1.87. The van der Waals surface area contributed by atoms with Gasteiger partial charge in [-0.15, -0.1) is 0 Å². The molecule has 0 saturated carbocycles. The molecule has 0 spiro atoms. The van der Waals surface area contributed by atoms with E-state index < -0.39 is 6.10 Å². The number of rotatable bonds is 5. The van der Waals surface area contributed by atoms with Crippen molar-refractivity contribution in [2.24, 2.45) is 0 Å². The summed E-state index contributed by atoms with van der Waals surface area (Å²) in [6.07, 6.45) is 2.85. The van der Waals surface area contributed by atoms with Gasteiger partial charge in [-0.3, -0.25) is 4.98 Å². The van der Waals surface area contributed by atoms with Gasteiger partial charge in [-0.2, -0.15) is 0 Å². The normalized spacial score (nSPS) is 12.1. The van der Waals surface area contributed by atoms with Crippen LogP contribution in [0, 0.1) is 0 Å². The minimum absolute atomic E-state index is 0.327. The summed E-state index contributed by atoms with van der Waals surface area (Å²) in [6, 6.07) is 3.69. The summed E-state index contributed by atoms with van der Waals surface area (Å²) >= 11 is 0. The van der Waals surface area contributed by atoms with Crippen LogP contribution in [0.1, 0.15) is 19.4 Å². The van der Waals surface area contributed by atoms with Crippen molar-refractivity contribution in [2.45, 2.75) is 26.6 Å². The number of carbonyl (C=O) groups excluding carboxylic acids is 1. The zero-order valence-corrected chi connectivity index (χ0v) is 8.97. The van der Waals surface area contributed by atoms with Gasteiger partial charge in [-0.05, 0) is 31.5 Å². The van der Waals surface area contributed by atoms with E-state index in [4.69, 9.17) is 9.47 Å². The zero-order valence-electron chi connectivity index (χ0n) is 8.97. The number of hydrogen-bond acceptors (Lipinski definition) is 4. The predicted molar refractivity (Wildman–Crippen MR) is 55.1 cm³/mol. The minimum atomic E-state index is -0.530. The average Bonchev–Trinajstić information content (AvgIpc) is 2.27. The molecule has 1 aromatic heterocycles. The minimum Gasteiger partial charge on any atom is -0.464 e. The Morgan fingerprint density at radius 3 is 2.73 bits per heavy atom. The van der Waals surface area contributed by atoms with Crippen molar-refractivity contribution in [3.05, 3.63) is 30.1 Å². The maximum absolute atomic E-state index is 11.2. The van der Waals surface area contributed by atoms with Crippen molar-refractivity contribution in [2.75, 3.05) is 6.61 Å². The molecule has 15 heavy (non-hydrogen) atoms. The third-order valence-electron chi connectivity index (χ3n) is 1.87. The first-order valence-corrected chi connectivity index (χ1v) is 4.91. The van der Waals surface area contributed by atoms with E-state index in [1.165, 1.54) is 0 Å². The van der Waals surface area contributed by atoms with Crippen LogP contribution in [0.2, 0.25) is 0 Å². The van der Waals surface area contributed by atoms with Gasteiger partial charge in [0.25, 0.3) is 0 Å². The molecule has 0 N–H and O–H groups in total. The van der Waals surface area contributed by atoms with Gasteiger partial charge in [0, 0.05) is 12.4 Å². The summed E-state index contributed by atoms with van der Waals surface area (Å²) in [5.41, 5.74) is 0.987. The summed E-state index contributed by atoms with van der Waals surface area (Å²) in [6.45, 7) is 4.22. The third kappa shape index (κ3) is 4.08. The van der Waals surface area contributed by atoms with Crippen LogP contribution in [-0.4, -0.2) is 23.7 Å². The molecule has 82 valence electrons. The van der Waals surface area contributed by atoms with Crippen LogP contribution in [0.15, 0.2) is 24.5 Å². The van der Waals surface area contributed by atoms with E-state index in [0.717, 1.165) is 5.56 Å². The molecule has 0 radical (unpaired) electrons. The van der Waals surface area contributed by atoms with Crippen LogP contribution in [0.3, 0.4) is 0 Å². The second-order valence-electron chi connectivity index (χ2n) is 3.06. The van der Waals surface area contributed by atoms with Crippen LogP contribution >= 0.6 is 0 Å². The van der Waals surface area contributed by atoms with E-state index in [-0.39, 0.29) is 5.97 Å². The fourth-order valence-electron chi connectivity index (χ4n) is 1.03. The van der Waals surface area contributed by atoms with E-state index in [1.54, 1.807) is 26.2 Å². The highest BCUT2D eigenvalue weighted by Gasteiger charge is 2.13. The van der Waals surface area contributed by atoms with Crippen molar-refractivity contribution < 1.29 is 14.3 Å². The smallest absolute Gasteiger partial charge is 0.334 e. The van der Waals surface area contributed by atoms with Crippen LogP contribution in [0.4, 0.5) is 0 Å². The highest BCUT2D eigenvalue weighted by molar-refractivity contribution is 5.74. The van der Waals surface area contributed by atoms with Crippen molar-refractivity contribution in [3.63, 3.8) is 0 Å². The summed E-state index contributed by atoms with van der Waals surface area (Å²) in [5, 5.41) is 0. The molecule has 0 aliphatic rings. The molecule has 0 fully saturated rings. The van der Waals surface area contributed by atoms with Gasteiger partial charge in [0.15, 0.2) is 6.10 Å². The fraction of sp³-hybridized carbons (Fsp3) is 0.455. The van der Waals surface area contributed by atoms with Gasteiger partial charge in [-0.1, -0.05) is 0 Å². The maximum Gasteiger partial charge on any atom is 0.334 e. The number of ether oxygens (including phenoxy) is 2. The number of pyridine rings is 1. The molecule has 4 nitrogen and oxygen atoms in total. The Labute approximate surface area is 89.2 Å². The number of esters is 1. The highest BCUT2D eigenvalue weighted by atomic mass is 16.6. The van der Waals surface area contributed by atoms with Crippen LogP contribution in [0.5, 0.6) is 0 Å². The van der Waals surface area contributed by atoms with Gasteiger partial charge < -0.3 is 9.47 Å². The van der Waals surface area contributed by atoms with E-state index in [0.29, 0.717) is 13.2 Å². The lowest BCUT2D eigenvalue weighted by Gasteiger charge is -2.11. The van der Waals surface area contributed by atoms with E-state index in [2.05, 4.69) is 4.98 Å². The van der Waals surface area contributed by atoms with E-state index in [1.807, 2.05) is 12.1 Å². The second-order valence-corrected chi connectivity index (χ2v) is 3.06. The maximum atomic E-state index is 11.2. The molecule has 1 heterocycles. The molecule has 0 aliphatic heterocycles. The van der Waals surface area contributed by atoms with Crippen molar-refractivity contribution in [3.8, 4) is 0 Å². The molecule has 1 aromatic rings. The number of hydrogen-bond donors (Lipinski definition) is 0. The van der Waals surface area contributed by atoms with Crippen molar-refractivity contribution in [1.82, 2.24) is 4.98 Å². The highest BCUT2D eigenvalue weighted by Crippen LogP contribution is 2.03. The monoisotopic (exact) mass is 209 g/mol. The van der Waals surface area contributed by atoms with Gasteiger partial charge >= 0.3 is 5.97 Å². The van der Waals surface area contributed by atoms with Gasteiger partial charge in [0.05, 0.1) is 13.2 Å². The lowest BCUT2D eigenvalue weighted by molar-refractivity contribution is -0.156. The van der Waals surface area contributed by atoms with Crippen LogP contribution in [0.25, 0.3) is 0 Å². The molecule has 0 aliphatic carbocycles. The lowest BCUT2D eigenvalue weighted by Crippen LogP contribution is -2.23. The van der Waals surface area contributed by atoms with Crippen LogP contribution < -0.4 is 0 Å². The molecule has 0 saturated heterocycles. The molecule has 1 rings (SSSR count). The quantitative estimate of drug-likeness (QED) is 0.690. The standard InChI is InChI=1S/C11H15NO3/c1-3-14-11(13)9(2)15-8-10-4-6-12-7-5-10/h4-7,9H,3,8H2,1-2H3. The molecule has 0 aromatic carbocycles. The predicted octanol–water partition coefficient (Wildman–Crippen LogP) is 1.55. The number of nitrogens with zero attached hydrogens (tertiary/aromatic N) is 1. The average molecular weight is 209 g/mol. The fourth-order valence-corrected chi connectivity index (χ4v) is 1.03. The lowest BCUT2D eigenvalue weighted by atomic mass is 10.3.